The van der Waals surface area contributed by atoms with Crippen LogP contribution in [0.1, 0.15) is 23.2 Å². The highest BCUT2D eigenvalue weighted by Crippen LogP contribution is 2.23. The topological polar surface area (TPSA) is 66.6 Å². The van der Waals surface area contributed by atoms with E-state index in [9.17, 15) is 9.18 Å². The number of likely N-dealkylation sites (tertiary alicyclic amines) is 1. The Kier molecular flexibility index (Phi) is 3.81. The van der Waals surface area contributed by atoms with Crippen molar-refractivity contribution in [2.24, 2.45) is 5.92 Å². The van der Waals surface area contributed by atoms with Crippen molar-refractivity contribution >= 4 is 11.6 Å². The Hall–Kier alpha value is -1.62. The van der Waals surface area contributed by atoms with Gasteiger partial charge in [0.1, 0.15) is 5.82 Å². The minimum absolute atomic E-state index is 0.134. The summed E-state index contributed by atoms with van der Waals surface area (Å²) in [5.74, 6) is -0.361. The number of carbonyl (C=O) groups is 1. The second-order valence-corrected chi connectivity index (χ2v) is 4.65. The Balaban J connectivity index is 2.10. The van der Waals surface area contributed by atoms with Gasteiger partial charge in [0.05, 0.1) is 5.56 Å². The molecule has 98 valence electrons. The lowest BCUT2D eigenvalue weighted by Crippen LogP contribution is -2.29. The monoisotopic (exact) mass is 252 g/mol. The summed E-state index contributed by atoms with van der Waals surface area (Å²) >= 11 is 0. The molecule has 3 N–H and O–H groups in total. The second-order valence-electron chi connectivity index (χ2n) is 4.65. The van der Waals surface area contributed by atoms with Crippen molar-refractivity contribution in [2.75, 3.05) is 25.4 Å². The molecule has 0 aromatic heterocycles. The number of benzene rings is 1. The number of hydrogen-bond donors (Lipinski definition) is 2. The first-order valence-electron chi connectivity index (χ1n) is 6.07. The zero-order valence-corrected chi connectivity index (χ0v) is 10.1. The molecule has 18 heavy (non-hydrogen) atoms. The number of anilines is 1. The van der Waals surface area contributed by atoms with Gasteiger partial charge in [-0.2, -0.15) is 0 Å². The molecule has 1 fully saturated rings. The fourth-order valence-corrected chi connectivity index (χ4v) is 2.32. The van der Waals surface area contributed by atoms with Crippen molar-refractivity contribution in [1.82, 2.24) is 4.90 Å². The van der Waals surface area contributed by atoms with Gasteiger partial charge >= 0.3 is 0 Å². The summed E-state index contributed by atoms with van der Waals surface area (Å²) in [6.07, 6.45) is 1.57. The van der Waals surface area contributed by atoms with Gasteiger partial charge in [-0.1, -0.05) is 0 Å². The van der Waals surface area contributed by atoms with Crippen molar-refractivity contribution in [3.8, 4) is 0 Å². The molecule has 2 rings (SSSR count). The first kappa shape index (κ1) is 12.8. The number of nitrogen functional groups attached to an aromatic ring is 1. The standard InChI is InChI=1S/C13H17FN2O2/c14-10-1-2-12(15)11(7-10)13(18)16-5-3-9(8-16)4-6-17/h1-2,7,9,17H,3-6,8,15H2. The van der Waals surface area contributed by atoms with Gasteiger partial charge in [-0.05, 0) is 37.0 Å². The number of nitrogens with zero attached hydrogens (tertiary/aromatic N) is 1. The van der Waals surface area contributed by atoms with E-state index in [4.69, 9.17) is 10.8 Å². The van der Waals surface area contributed by atoms with Crippen molar-refractivity contribution in [1.29, 1.82) is 0 Å². The van der Waals surface area contributed by atoms with Crippen molar-refractivity contribution < 1.29 is 14.3 Å². The molecule has 1 aliphatic heterocycles. The van der Waals surface area contributed by atoms with Crippen LogP contribution in [-0.2, 0) is 0 Å². The molecule has 1 aromatic carbocycles. The van der Waals surface area contributed by atoms with Crippen LogP contribution >= 0.6 is 0 Å². The summed E-state index contributed by atoms with van der Waals surface area (Å²) in [6.45, 7) is 1.38. The highest BCUT2D eigenvalue weighted by molar-refractivity contribution is 5.99. The van der Waals surface area contributed by atoms with Crippen LogP contribution in [0.3, 0.4) is 0 Å². The molecular weight excluding hydrogens is 235 g/mol. The number of halogens is 1. The summed E-state index contributed by atoms with van der Waals surface area (Å²) in [5, 5.41) is 8.88. The lowest BCUT2D eigenvalue weighted by Gasteiger charge is -2.17. The Morgan fingerprint density at radius 3 is 3.06 bits per heavy atom. The first-order chi connectivity index (χ1) is 8.61. The highest BCUT2D eigenvalue weighted by atomic mass is 19.1. The van der Waals surface area contributed by atoms with Crippen LogP contribution < -0.4 is 5.73 Å². The maximum Gasteiger partial charge on any atom is 0.256 e. The molecule has 1 atom stereocenters. The minimum atomic E-state index is -0.460. The Morgan fingerprint density at radius 2 is 2.33 bits per heavy atom. The molecule has 1 unspecified atom stereocenters. The number of amides is 1. The maximum atomic E-state index is 13.1. The predicted molar refractivity (Wildman–Crippen MR) is 66.5 cm³/mol. The van der Waals surface area contributed by atoms with Gasteiger partial charge in [-0.25, -0.2) is 4.39 Å². The number of hydrogen-bond acceptors (Lipinski definition) is 3. The molecule has 0 saturated carbocycles. The molecule has 1 aromatic rings. The van der Waals surface area contributed by atoms with Crippen LogP contribution in [0.2, 0.25) is 0 Å². The van der Waals surface area contributed by atoms with Gasteiger partial charge in [-0.3, -0.25) is 4.79 Å². The average Bonchev–Trinajstić information content (AvgIpc) is 2.80. The number of aliphatic hydroxyl groups is 1. The van der Waals surface area contributed by atoms with Crippen LogP contribution in [0.5, 0.6) is 0 Å². The van der Waals surface area contributed by atoms with E-state index in [2.05, 4.69) is 0 Å². The SMILES string of the molecule is Nc1ccc(F)cc1C(=O)N1CCC(CCO)C1. The Labute approximate surface area is 105 Å². The van der Waals surface area contributed by atoms with E-state index in [0.29, 0.717) is 31.1 Å². The fourth-order valence-electron chi connectivity index (χ4n) is 2.32. The van der Waals surface area contributed by atoms with E-state index in [-0.39, 0.29) is 18.1 Å². The lowest BCUT2D eigenvalue weighted by atomic mass is 10.1. The summed E-state index contributed by atoms with van der Waals surface area (Å²) in [4.78, 5) is 13.9. The number of rotatable bonds is 3. The molecular formula is C13H17FN2O2. The van der Waals surface area contributed by atoms with Crippen LogP contribution in [0.25, 0.3) is 0 Å². The molecule has 4 nitrogen and oxygen atoms in total. The molecule has 0 radical (unpaired) electrons. The van der Waals surface area contributed by atoms with Gasteiger partial charge < -0.3 is 15.7 Å². The van der Waals surface area contributed by atoms with Gasteiger partial charge in [0.25, 0.3) is 5.91 Å². The molecule has 0 bridgehead atoms. The molecule has 1 saturated heterocycles. The summed E-state index contributed by atoms with van der Waals surface area (Å²) in [5.41, 5.74) is 6.22. The third-order valence-electron chi connectivity index (χ3n) is 3.36. The Morgan fingerprint density at radius 1 is 1.56 bits per heavy atom. The minimum Gasteiger partial charge on any atom is -0.398 e. The van der Waals surface area contributed by atoms with Crippen molar-refractivity contribution in [3.63, 3.8) is 0 Å². The van der Waals surface area contributed by atoms with E-state index < -0.39 is 5.82 Å². The van der Waals surface area contributed by atoms with E-state index >= 15 is 0 Å². The largest absolute Gasteiger partial charge is 0.398 e. The van der Waals surface area contributed by atoms with Gasteiger partial charge in [0.2, 0.25) is 0 Å². The van der Waals surface area contributed by atoms with E-state index in [1.807, 2.05) is 0 Å². The highest BCUT2D eigenvalue weighted by Gasteiger charge is 2.27. The van der Waals surface area contributed by atoms with Crippen LogP contribution in [0.15, 0.2) is 18.2 Å². The third kappa shape index (κ3) is 2.61. The third-order valence-corrected chi connectivity index (χ3v) is 3.36. The molecule has 1 heterocycles. The maximum absolute atomic E-state index is 13.1. The second kappa shape index (κ2) is 5.35. The van der Waals surface area contributed by atoms with Gasteiger partial charge in [0, 0.05) is 25.4 Å². The number of carbonyl (C=O) groups excluding carboxylic acids is 1. The zero-order chi connectivity index (χ0) is 13.1. The summed E-state index contributed by atoms with van der Waals surface area (Å²) < 4.78 is 13.1. The predicted octanol–water partition coefficient (Wildman–Crippen LogP) is 1.25. The molecule has 0 spiro atoms. The van der Waals surface area contributed by atoms with Crippen LogP contribution in [0.4, 0.5) is 10.1 Å². The normalized spacial score (nSPS) is 19.2. The average molecular weight is 252 g/mol. The van der Waals surface area contributed by atoms with Crippen LogP contribution in [0, 0.1) is 11.7 Å². The molecule has 1 amide bonds. The number of nitrogens with two attached hydrogens (primary N) is 1. The smallest absolute Gasteiger partial charge is 0.256 e. The van der Waals surface area contributed by atoms with Crippen LogP contribution in [-0.4, -0.2) is 35.6 Å². The summed E-state index contributed by atoms with van der Waals surface area (Å²) in [6, 6.07) is 3.82. The molecule has 1 aliphatic rings. The first-order valence-corrected chi connectivity index (χ1v) is 6.07. The van der Waals surface area contributed by atoms with Gasteiger partial charge in [-0.15, -0.1) is 0 Å². The van der Waals surface area contributed by atoms with Gasteiger partial charge in [0.15, 0.2) is 0 Å². The molecule has 5 heteroatoms. The lowest BCUT2D eigenvalue weighted by molar-refractivity contribution is 0.0785. The van der Waals surface area contributed by atoms with E-state index in [1.165, 1.54) is 18.2 Å². The fraction of sp³-hybridized carbons (Fsp3) is 0.462. The van der Waals surface area contributed by atoms with Crippen molar-refractivity contribution in [2.45, 2.75) is 12.8 Å². The van der Waals surface area contributed by atoms with Crippen molar-refractivity contribution in [3.05, 3.63) is 29.6 Å². The molecule has 0 aliphatic carbocycles. The number of aliphatic hydroxyl groups excluding tert-OH is 1. The zero-order valence-electron chi connectivity index (χ0n) is 10.1. The summed E-state index contributed by atoms with van der Waals surface area (Å²) in [7, 11) is 0. The quantitative estimate of drug-likeness (QED) is 0.796. The Bertz CT molecular complexity index is 451. The van der Waals surface area contributed by atoms with E-state index in [0.717, 1.165) is 6.42 Å². The van der Waals surface area contributed by atoms with E-state index in [1.54, 1.807) is 4.90 Å².